The van der Waals surface area contributed by atoms with Gasteiger partial charge in [0.25, 0.3) is 0 Å². The average Bonchev–Trinajstić information content (AvgIpc) is 2.16. The fourth-order valence-corrected chi connectivity index (χ4v) is 1.17. The number of hydrogen-bond donors (Lipinski definition) is 2. The maximum absolute atomic E-state index is 11.2. The van der Waals surface area contributed by atoms with Crippen molar-refractivity contribution in [1.29, 1.82) is 0 Å². The lowest BCUT2D eigenvalue weighted by Crippen LogP contribution is -2.35. The molecule has 0 rings (SSSR count). The quantitative estimate of drug-likeness (QED) is 0.367. The van der Waals surface area contributed by atoms with Crippen molar-refractivity contribution in [2.75, 3.05) is 0 Å². The molecule has 2 amide bonds. The monoisotopic (exact) mass is 242 g/mol. The second-order valence-corrected chi connectivity index (χ2v) is 3.93. The van der Waals surface area contributed by atoms with Crippen LogP contribution < -0.4 is 11.5 Å². The van der Waals surface area contributed by atoms with Crippen LogP contribution in [0.1, 0.15) is 26.7 Å². The van der Waals surface area contributed by atoms with Gasteiger partial charge >= 0.3 is 5.97 Å². The van der Waals surface area contributed by atoms with Crippen LogP contribution in [0.5, 0.6) is 0 Å². The van der Waals surface area contributed by atoms with Crippen molar-refractivity contribution < 1.29 is 19.1 Å². The maximum atomic E-state index is 11.2. The number of ether oxygens (including phenoxy) is 1. The number of esters is 1. The van der Waals surface area contributed by atoms with E-state index in [1.54, 1.807) is 6.92 Å². The van der Waals surface area contributed by atoms with Gasteiger partial charge in [-0.05, 0) is 26.7 Å². The molecule has 1 atom stereocenters. The molecule has 0 aliphatic carbocycles. The van der Waals surface area contributed by atoms with Crippen molar-refractivity contribution in [1.82, 2.24) is 0 Å². The van der Waals surface area contributed by atoms with Gasteiger partial charge in [-0.2, -0.15) is 0 Å². The highest BCUT2D eigenvalue weighted by Gasteiger charge is 2.23. The second kappa shape index (κ2) is 6.67. The Bertz CT molecular complexity index is 324. The van der Waals surface area contributed by atoms with E-state index in [4.69, 9.17) is 16.2 Å². The SMILES string of the molecule is C=C(C)C(=O)OC(C)CCC(C(N)=O)C(N)=O. The van der Waals surface area contributed by atoms with Crippen LogP contribution in [0.15, 0.2) is 12.2 Å². The van der Waals surface area contributed by atoms with Crippen LogP contribution in [0.4, 0.5) is 0 Å². The fraction of sp³-hybridized carbons (Fsp3) is 0.545. The van der Waals surface area contributed by atoms with Crippen LogP contribution in [0.3, 0.4) is 0 Å². The summed E-state index contributed by atoms with van der Waals surface area (Å²) in [5.74, 6) is -3.07. The van der Waals surface area contributed by atoms with Gasteiger partial charge in [-0.3, -0.25) is 9.59 Å². The third-order valence-electron chi connectivity index (χ3n) is 2.21. The molecule has 0 spiro atoms. The third-order valence-corrected chi connectivity index (χ3v) is 2.21. The summed E-state index contributed by atoms with van der Waals surface area (Å²) in [6.07, 6.45) is 0.0608. The molecule has 0 aromatic rings. The standard InChI is InChI=1S/C11H18N2O4/c1-6(2)11(16)17-7(3)4-5-8(9(12)14)10(13)15/h7-8H,1,4-5H2,2-3H3,(H2,12,14)(H2,13,15). The normalized spacial score (nSPS) is 11.9. The van der Waals surface area contributed by atoms with Crippen molar-refractivity contribution in [2.24, 2.45) is 17.4 Å². The number of hydrogen-bond acceptors (Lipinski definition) is 4. The van der Waals surface area contributed by atoms with Gasteiger partial charge in [-0.1, -0.05) is 6.58 Å². The highest BCUT2D eigenvalue weighted by atomic mass is 16.5. The molecule has 0 radical (unpaired) electrons. The molecular formula is C11H18N2O4. The molecule has 6 nitrogen and oxygen atoms in total. The zero-order valence-electron chi connectivity index (χ0n) is 10.1. The van der Waals surface area contributed by atoms with Gasteiger partial charge in [0.05, 0.1) is 6.10 Å². The molecule has 0 fully saturated rings. The zero-order valence-corrected chi connectivity index (χ0v) is 10.1. The van der Waals surface area contributed by atoms with Gasteiger partial charge in [0, 0.05) is 5.57 Å². The Balaban J connectivity index is 4.18. The third kappa shape index (κ3) is 5.70. The summed E-state index contributed by atoms with van der Waals surface area (Å²) in [4.78, 5) is 32.9. The van der Waals surface area contributed by atoms with Crippen LogP contribution >= 0.6 is 0 Å². The minimum absolute atomic E-state index is 0.162. The van der Waals surface area contributed by atoms with E-state index in [2.05, 4.69) is 6.58 Å². The Morgan fingerprint density at radius 3 is 2.00 bits per heavy atom. The van der Waals surface area contributed by atoms with E-state index < -0.39 is 29.8 Å². The summed E-state index contributed by atoms with van der Waals surface area (Å²) in [6.45, 7) is 6.62. The number of primary amides is 2. The first kappa shape index (κ1) is 15.2. The Kier molecular flexibility index (Phi) is 5.95. The van der Waals surface area contributed by atoms with Crippen molar-refractivity contribution in [2.45, 2.75) is 32.8 Å². The smallest absolute Gasteiger partial charge is 0.333 e. The van der Waals surface area contributed by atoms with E-state index in [9.17, 15) is 14.4 Å². The summed E-state index contributed by atoms with van der Waals surface area (Å²) in [5, 5.41) is 0. The molecule has 0 aliphatic rings. The van der Waals surface area contributed by atoms with E-state index in [1.807, 2.05) is 0 Å². The van der Waals surface area contributed by atoms with Crippen molar-refractivity contribution in [3.8, 4) is 0 Å². The molecular weight excluding hydrogens is 224 g/mol. The second-order valence-electron chi connectivity index (χ2n) is 3.93. The summed E-state index contributed by atoms with van der Waals surface area (Å²) in [6, 6.07) is 0. The Labute approximate surface area is 100.0 Å². The number of amides is 2. The summed E-state index contributed by atoms with van der Waals surface area (Å²) in [7, 11) is 0. The number of nitrogens with two attached hydrogens (primary N) is 2. The molecule has 0 aromatic carbocycles. The Hall–Kier alpha value is -1.85. The minimum Gasteiger partial charge on any atom is -0.459 e. The highest BCUT2D eigenvalue weighted by Crippen LogP contribution is 2.11. The van der Waals surface area contributed by atoms with E-state index in [0.717, 1.165) is 0 Å². The Morgan fingerprint density at radius 1 is 1.18 bits per heavy atom. The van der Waals surface area contributed by atoms with Gasteiger partial charge in [-0.25, -0.2) is 4.79 Å². The van der Waals surface area contributed by atoms with Gasteiger partial charge in [0.1, 0.15) is 5.92 Å². The molecule has 0 saturated carbocycles. The fourth-order valence-electron chi connectivity index (χ4n) is 1.17. The predicted octanol–water partition coefficient (Wildman–Crippen LogP) is -0.139. The number of carbonyl (C=O) groups excluding carboxylic acids is 3. The lowest BCUT2D eigenvalue weighted by molar-refractivity contribution is -0.143. The van der Waals surface area contributed by atoms with Crippen LogP contribution in [0.2, 0.25) is 0 Å². The molecule has 0 bridgehead atoms. The molecule has 0 aromatic heterocycles. The van der Waals surface area contributed by atoms with Crippen molar-refractivity contribution >= 4 is 17.8 Å². The topological polar surface area (TPSA) is 112 Å². The van der Waals surface area contributed by atoms with Gasteiger partial charge in [0.2, 0.25) is 11.8 Å². The lowest BCUT2D eigenvalue weighted by Gasteiger charge is -2.15. The molecule has 0 heterocycles. The highest BCUT2D eigenvalue weighted by molar-refractivity contribution is 5.98. The maximum Gasteiger partial charge on any atom is 0.333 e. The van der Waals surface area contributed by atoms with Crippen LogP contribution in [0, 0.1) is 5.92 Å². The first-order valence-corrected chi connectivity index (χ1v) is 5.20. The van der Waals surface area contributed by atoms with E-state index in [1.165, 1.54) is 6.92 Å². The van der Waals surface area contributed by atoms with E-state index >= 15 is 0 Å². The van der Waals surface area contributed by atoms with Gasteiger partial charge < -0.3 is 16.2 Å². The lowest BCUT2D eigenvalue weighted by atomic mass is 10.00. The predicted molar refractivity (Wildman–Crippen MR) is 61.5 cm³/mol. The largest absolute Gasteiger partial charge is 0.459 e. The van der Waals surface area contributed by atoms with Crippen molar-refractivity contribution in [3.63, 3.8) is 0 Å². The minimum atomic E-state index is -1.03. The van der Waals surface area contributed by atoms with E-state index in [0.29, 0.717) is 12.0 Å². The summed E-state index contributed by atoms with van der Waals surface area (Å²) < 4.78 is 4.98. The van der Waals surface area contributed by atoms with E-state index in [-0.39, 0.29) is 6.42 Å². The van der Waals surface area contributed by atoms with Crippen LogP contribution in [0.25, 0.3) is 0 Å². The molecule has 4 N–H and O–H groups in total. The Morgan fingerprint density at radius 2 is 1.65 bits per heavy atom. The first-order valence-electron chi connectivity index (χ1n) is 5.20. The molecule has 96 valence electrons. The summed E-state index contributed by atoms with van der Waals surface area (Å²) >= 11 is 0. The van der Waals surface area contributed by atoms with Crippen molar-refractivity contribution in [3.05, 3.63) is 12.2 Å². The molecule has 6 heteroatoms. The molecule has 1 unspecified atom stereocenters. The summed E-state index contributed by atoms with van der Waals surface area (Å²) in [5.41, 5.74) is 10.3. The number of carbonyl (C=O) groups is 3. The first-order chi connectivity index (χ1) is 7.75. The molecule has 17 heavy (non-hydrogen) atoms. The zero-order chi connectivity index (χ0) is 13.6. The van der Waals surface area contributed by atoms with Crippen LogP contribution in [-0.4, -0.2) is 23.9 Å². The van der Waals surface area contributed by atoms with Gasteiger partial charge in [0.15, 0.2) is 0 Å². The average molecular weight is 242 g/mol. The van der Waals surface area contributed by atoms with Crippen LogP contribution in [-0.2, 0) is 19.1 Å². The van der Waals surface area contributed by atoms with Gasteiger partial charge in [-0.15, -0.1) is 0 Å². The number of rotatable bonds is 7. The molecule has 0 saturated heterocycles. The molecule has 0 aliphatic heterocycles.